The Hall–Kier alpha value is -2.86. The molecule has 3 aromatic rings. The van der Waals surface area contributed by atoms with Crippen molar-refractivity contribution in [3.8, 4) is 5.75 Å². The highest BCUT2D eigenvalue weighted by molar-refractivity contribution is 7.86. The summed E-state index contributed by atoms with van der Waals surface area (Å²) >= 11 is 0. The lowest BCUT2D eigenvalue weighted by molar-refractivity contribution is 0.469. The van der Waals surface area contributed by atoms with Crippen LogP contribution in [0.25, 0.3) is 10.8 Å². The summed E-state index contributed by atoms with van der Waals surface area (Å²) < 4.78 is 63.5. The van der Waals surface area contributed by atoms with Crippen LogP contribution in [-0.4, -0.2) is 31.0 Å². The van der Waals surface area contributed by atoms with Gasteiger partial charge in [-0.15, -0.1) is 0 Å². The third-order valence-electron chi connectivity index (χ3n) is 3.69. The van der Waals surface area contributed by atoms with Crippen molar-refractivity contribution in [2.45, 2.75) is 9.79 Å². The van der Waals surface area contributed by atoms with Crippen LogP contribution in [0.15, 0.2) is 52.3 Å². The Morgan fingerprint density at radius 1 is 0.889 bits per heavy atom. The van der Waals surface area contributed by atoms with Gasteiger partial charge in [0.15, 0.2) is 0 Å². The molecule has 3 rings (SSSR count). The fourth-order valence-corrected chi connectivity index (χ4v) is 3.62. The van der Waals surface area contributed by atoms with E-state index < -0.39 is 35.8 Å². The summed E-state index contributed by atoms with van der Waals surface area (Å²) in [6.45, 7) is 0. The van der Waals surface area contributed by atoms with Gasteiger partial charge in [0.05, 0.1) is 11.8 Å². The molecule has 0 fully saturated rings. The van der Waals surface area contributed by atoms with E-state index in [2.05, 4.69) is 11.4 Å². The zero-order valence-corrected chi connectivity index (χ0v) is 15.0. The van der Waals surface area contributed by atoms with Crippen LogP contribution in [0.1, 0.15) is 0 Å². The van der Waals surface area contributed by atoms with Crippen molar-refractivity contribution >= 4 is 48.1 Å². The lowest BCUT2D eigenvalue weighted by Crippen LogP contribution is -2.04. The predicted molar refractivity (Wildman–Crippen MR) is 98.2 cm³/mol. The first kappa shape index (κ1) is 18.9. The maximum atomic E-state index is 11.3. The van der Waals surface area contributed by atoms with Crippen LogP contribution in [0, 0.1) is 6.07 Å². The summed E-state index contributed by atoms with van der Waals surface area (Å²) in [5.41, 5.74) is 6.12. The van der Waals surface area contributed by atoms with E-state index in [1.807, 2.05) is 0 Å². The molecular weight excluding hydrogens is 396 g/mol. The second-order valence-electron chi connectivity index (χ2n) is 5.61. The Bertz CT molecular complexity index is 1270. The van der Waals surface area contributed by atoms with Gasteiger partial charge in [0.1, 0.15) is 15.5 Å². The van der Waals surface area contributed by atoms with E-state index in [0.717, 1.165) is 12.1 Å². The first-order chi connectivity index (χ1) is 12.4. The fourth-order valence-electron chi connectivity index (χ4n) is 2.48. The van der Waals surface area contributed by atoms with Crippen molar-refractivity contribution < 1.29 is 31.0 Å². The van der Waals surface area contributed by atoms with Crippen LogP contribution in [-0.2, 0) is 20.2 Å². The molecule has 0 unspecified atom stereocenters. The van der Waals surface area contributed by atoms with Gasteiger partial charge in [0, 0.05) is 16.8 Å². The minimum atomic E-state index is -4.56. The number of hydrogen-bond donors (Lipinski definition) is 5. The number of benzene rings is 3. The van der Waals surface area contributed by atoms with E-state index >= 15 is 0 Å². The highest BCUT2D eigenvalue weighted by atomic mass is 32.2. The molecule has 0 spiro atoms. The summed E-state index contributed by atoms with van der Waals surface area (Å²) in [6, 6.07) is 11.7. The van der Waals surface area contributed by atoms with Crippen LogP contribution in [0.2, 0.25) is 0 Å². The number of fused-ring (bicyclic) bond motifs is 1. The standard InChI is InChI=1S/C16H13N2O7S2/c17-14-4-2-11(7-16(14)27(23,24)25)18-10-1-3-13-9(5-10)6-12(8-15(13)19)26(20,21)22/h1-7,18-19H,17H2,(H,20,21,22)(H,23,24,25). The number of hydrogen-bond acceptors (Lipinski definition) is 7. The summed E-state index contributed by atoms with van der Waals surface area (Å²) in [5.74, 6) is -0.451. The molecule has 0 saturated carbocycles. The molecule has 3 aromatic carbocycles. The van der Waals surface area contributed by atoms with Gasteiger partial charge in [0.25, 0.3) is 20.2 Å². The molecule has 1 radical (unpaired) electrons. The molecule has 0 aliphatic carbocycles. The van der Waals surface area contributed by atoms with Crippen LogP contribution in [0.4, 0.5) is 17.1 Å². The molecule has 0 aliphatic heterocycles. The minimum Gasteiger partial charge on any atom is -0.507 e. The molecule has 9 nitrogen and oxygen atoms in total. The Balaban J connectivity index is 2.06. The number of nitrogen functional groups attached to an aromatic ring is 1. The lowest BCUT2D eigenvalue weighted by Gasteiger charge is -2.11. The molecule has 0 atom stereocenters. The number of aromatic hydroxyl groups is 1. The Labute approximate surface area is 154 Å². The third-order valence-corrected chi connectivity index (χ3v) is 5.38. The van der Waals surface area contributed by atoms with Crippen molar-refractivity contribution in [2.24, 2.45) is 0 Å². The van der Waals surface area contributed by atoms with Crippen LogP contribution in [0.5, 0.6) is 5.75 Å². The zero-order valence-electron chi connectivity index (χ0n) is 13.4. The quantitative estimate of drug-likeness (QED) is 0.320. The minimum absolute atomic E-state index is 0.125. The molecule has 141 valence electrons. The van der Waals surface area contributed by atoms with E-state index in [9.17, 15) is 26.5 Å². The maximum Gasteiger partial charge on any atom is 0.296 e. The van der Waals surface area contributed by atoms with Crippen molar-refractivity contribution in [3.05, 3.63) is 48.5 Å². The monoisotopic (exact) mass is 409 g/mol. The number of phenols is 1. The SMILES string of the molecule is Nc1ccc(Nc2ccc3c(O)[c]c(S(=O)(=O)O)cc3c2)cc1S(=O)(=O)O. The molecular formula is C16H13N2O7S2. The zero-order chi connectivity index (χ0) is 20.0. The Morgan fingerprint density at radius 3 is 2.15 bits per heavy atom. The number of nitrogens with one attached hydrogen (secondary N) is 1. The number of anilines is 3. The average molecular weight is 409 g/mol. The smallest absolute Gasteiger partial charge is 0.296 e. The highest BCUT2D eigenvalue weighted by Crippen LogP contribution is 2.31. The summed E-state index contributed by atoms with van der Waals surface area (Å²) in [5, 5.41) is 13.4. The molecule has 6 N–H and O–H groups in total. The molecule has 0 saturated heterocycles. The number of phenolic OH excluding ortho intramolecular Hbond substituents is 1. The first-order valence-corrected chi connectivity index (χ1v) is 10.1. The molecule has 0 aliphatic rings. The molecule has 0 aromatic heterocycles. The Morgan fingerprint density at radius 2 is 1.52 bits per heavy atom. The van der Waals surface area contributed by atoms with Crippen molar-refractivity contribution in [3.63, 3.8) is 0 Å². The van der Waals surface area contributed by atoms with Gasteiger partial charge < -0.3 is 16.2 Å². The first-order valence-electron chi connectivity index (χ1n) is 7.26. The molecule has 27 heavy (non-hydrogen) atoms. The second kappa shape index (κ2) is 6.39. The van der Waals surface area contributed by atoms with E-state index in [4.69, 9.17) is 10.3 Å². The molecule has 0 heterocycles. The normalized spacial score (nSPS) is 12.2. The molecule has 11 heteroatoms. The van der Waals surface area contributed by atoms with Crippen LogP contribution >= 0.6 is 0 Å². The number of nitrogens with two attached hydrogens (primary N) is 1. The molecule has 0 bridgehead atoms. The van der Waals surface area contributed by atoms with Crippen LogP contribution < -0.4 is 11.1 Å². The Kier molecular flexibility index (Phi) is 4.48. The highest BCUT2D eigenvalue weighted by Gasteiger charge is 2.16. The summed E-state index contributed by atoms with van der Waals surface area (Å²) in [7, 11) is -9.07. The average Bonchev–Trinajstić information content (AvgIpc) is 2.54. The number of rotatable bonds is 4. The second-order valence-corrected chi connectivity index (χ2v) is 8.39. The van der Waals surface area contributed by atoms with Gasteiger partial charge >= 0.3 is 0 Å². The van der Waals surface area contributed by atoms with Gasteiger partial charge in [-0.05, 0) is 47.9 Å². The largest absolute Gasteiger partial charge is 0.507 e. The summed E-state index contributed by atoms with van der Waals surface area (Å²) in [4.78, 5) is -1.06. The summed E-state index contributed by atoms with van der Waals surface area (Å²) in [6.07, 6.45) is 0. The predicted octanol–water partition coefficient (Wildman–Crippen LogP) is 2.16. The van der Waals surface area contributed by atoms with Gasteiger partial charge in [0.2, 0.25) is 0 Å². The van der Waals surface area contributed by atoms with Gasteiger partial charge in [-0.2, -0.15) is 16.8 Å². The van der Waals surface area contributed by atoms with Gasteiger partial charge in [-0.3, -0.25) is 9.11 Å². The van der Waals surface area contributed by atoms with Gasteiger partial charge in [-0.1, -0.05) is 0 Å². The van der Waals surface area contributed by atoms with E-state index in [1.165, 1.54) is 24.3 Å². The van der Waals surface area contributed by atoms with E-state index in [-0.39, 0.29) is 16.8 Å². The van der Waals surface area contributed by atoms with Crippen molar-refractivity contribution in [2.75, 3.05) is 11.1 Å². The third kappa shape index (κ3) is 3.95. The van der Waals surface area contributed by atoms with E-state index in [0.29, 0.717) is 11.1 Å². The lowest BCUT2D eigenvalue weighted by atomic mass is 10.1. The fraction of sp³-hybridized carbons (Fsp3) is 0. The van der Waals surface area contributed by atoms with Crippen molar-refractivity contribution in [1.29, 1.82) is 0 Å². The maximum absolute atomic E-state index is 11.3. The van der Waals surface area contributed by atoms with E-state index in [1.54, 1.807) is 6.07 Å². The van der Waals surface area contributed by atoms with Crippen molar-refractivity contribution in [1.82, 2.24) is 0 Å². The van der Waals surface area contributed by atoms with Crippen LogP contribution in [0.3, 0.4) is 0 Å². The van der Waals surface area contributed by atoms with Gasteiger partial charge in [-0.25, -0.2) is 0 Å². The molecule has 0 amide bonds. The topological polar surface area (TPSA) is 167 Å².